The number of nitrogens with one attached hydrogen (secondary N) is 3. The Bertz CT molecular complexity index is 3220. The molecule has 0 aliphatic carbocycles. The van der Waals surface area contributed by atoms with Crippen molar-refractivity contribution < 1.29 is 52.8 Å². The van der Waals surface area contributed by atoms with Crippen molar-refractivity contribution in [3.05, 3.63) is 128 Å². The van der Waals surface area contributed by atoms with Gasteiger partial charge in [-0.1, -0.05) is 69.3 Å². The first-order valence-corrected chi connectivity index (χ1v) is 29.1. The minimum absolute atomic E-state index is 0.0115. The van der Waals surface area contributed by atoms with E-state index < -0.39 is 47.4 Å². The lowest BCUT2D eigenvalue weighted by atomic mass is 9.85. The van der Waals surface area contributed by atoms with Crippen LogP contribution in [0.1, 0.15) is 109 Å². The number of aliphatic imine (C=N–C) groups is 1. The molecule has 4 N–H and O–H groups in total. The summed E-state index contributed by atoms with van der Waals surface area (Å²) in [6.45, 7) is 16.6. The molecule has 2 aliphatic rings. The predicted octanol–water partition coefficient (Wildman–Crippen LogP) is 7.51. The molecular formula is C60H73N9O11S2. The number of carbonyl (C=O) groups is 5. The smallest absolute Gasteiger partial charge is 0.308 e. The van der Waals surface area contributed by atoms with E-state index in [2.05, 4.69) is 45.0 Å². The van der Waals surface area contributed by atoms with Gasteiger partial charge in [0.1, 0.15) is 47.9 Å². The lowest BCUT2D eigenvalue weighted by Gasteiger charge is -2.35. The molecule has 0 bridgehead atoms. The second-order valence-electron chi connectivity index (χ2n) is 21.5. The first kappa shape index (κ1) is 60.9. The fraction of sp³-hybridized carbons (Fsp3) is 0.450. The topological polar surface area (TPSA) is 247 Å². The number of aliphatic hydroxyl groups is 1. The number of amides is 4. The van der Waals surface area contributed by atoms with Gasteiger partial charge in [0, 0.05) is 41.1 Å². The van der Waals surface area contributed by atoms with E-state index in [0.717, 1.165) is 59.5 Å². The normalized spacial score (nSPS) is 16.5. The quantitative estimate of drug-likeness (QED) is 0.0320. The molecule has 6 aromatic rings. The molecule has 0 spiro atoms. The number of ether oxygens (including phenoxy) is 5. The standard InChI is InChI=1S/C60H73N9O11S2/c1-35-38(4)82-59-52(35)53(64-47(31-51(73)76-9)56-67-66-39(5)69(56)59)42-17-19-44(20-18-42)63-49(71)23-12-40-10-21-46(22-11-40)80-29-28-78-25-24-77-26-27-79-33-50(72)65-55(60(6,7)8)58(75)68-32-45(70)30-48(68)57(74)62-36(2)41-13-15-43(16-14-41)54-37(3)61-34-81-54/h10-11,13-22,34,36,45,47-48,55,70H,12,23-33H2,1-9H3,(H,62,74)(H,63,71)(H,65,72)/t36-,45+,47-,48-,55+/m0/s1. The summed E-state index contributed by atoms with van der Waals surface area (Å²) < 4.78 is 29.7. The number of esters is 1. The fourth-order valence-corrected chi connectivity index (χ4v) is 11.8. The maximum Gasteiger partial charge on any atom is 0.308 e. The van der Waals surface area contributed by atoms with Gasteiger partial charge in [-0.05, 0) is 93.0 Å². The van der Waals surface area contributed by atoms with Crippen molar-refractivity contribution in [3.63, 3.8) is 0 Å². The van der Waals surface area contributed by atoms with E-state index in [9.17, 15) is 29.1 Å². The van der Waals surface area contributed by atoms with Gasteiger partial charge in [-0.2, -0.15) is 0 Å². The van der Waals surface area contributed by atoms with Gasteiger partial charge in [-0.25, -0.2) is 4.98 Å². The molecule has 20 nitrogen and oxygen atoms in total. The van der Waals surface area contributed by atoms with Crippen molar-refractivity contribution >= 4 is 63.7 Å². The number of β-amino-alcohol motifs (C(OH)–C–C–N with tert-alkyl or cyclic N) is 1. The number of methoxy groups -OCH3 is 1. The molecule has 436 valence electrons. The van der Waals surface area contributed by atoms with Crippen molar-refractivity contribution in [2.45, 2.75) is 111 Å². The largest absolute Gasteiger partial charge is 0.491 e. The molecule has 1 saturated heterocycles. The highest BCUT2D eigenvalue weighted by Crippen LogP contribution is 2.40. The van der Waals surface area contributed by atoms with Crippen LogP contribution in [0.4, 0.5) is 5.69 Å². The summed E-state index contributed by atoms with van der Waals surface area (Å²) in [5.74, 6) is 0.102. The van der Waals surface area contributed by atoms with Crippen LogP contribution in [0.5, 0.6) is 5.75 Å². The molecule has 3 aromatic heterocycles. The third kappa shape index (κ3) is 15.3. The third-order valence-electron chi connectivity index (χ3n) is 14.4. The second-order valence-corrected chi connectivity index (χ2v) is 23.5. The number of fused-ring (bicyclic) bond motifs is 3. The average Bonchev–Trinajstić information content (AvgIpc) is 3.91. The molecular weight excluding hydrogens is 1090 g/mol. The van der Waals surface area contributed by atoms with Crippen molar-refractivity contribution in [2.75, 3.05) is 65.2 Å². The molecule has 82 heavy (non-hydrogen) atoms. The van der Waals surface area contributed by atoms with Crippen LogP contribution in [0, 0.1) is 33.1 Å². The number of hydrogen-bond acceptors (Lipinski definition) is 17. The van der Waals surface area contributed by atoms with Crippen LogP contribution in [-0.4, -0.2) is 143 Å². The van der Waals surface area contributed by atoms with Gasteiger partial charge >= 0.3 is 5.97 Å². The van der Waals surface area contributed by atoms with E-state index in [1.165, 1.54) is 12.0 Å². The number of aromatic nitrogens is 4. The summed E-state index contributed by atoms with van der Waals surface area (Å²) in [6.07, 6.45) is 0.0118. The van der Waals surface area contributed by atoms with Gasteiger partial charge in [0.25, 0.3) is 0 Å². The number of thiophene rings is 1. The maximum atomic E-state index is 14.1. The van der Waals surface area contributed by atoms with Crippen molar-refractivity contribution in [1.82, 2.24) is 35.3 Å². The van der Waals surface area contributed by atoms with Crippen LogP contribution >= 0.6 is 22.7 Å². The van der Waals surface area contributed by atoms with E-state index in [0.29, 0.717) is 55.9 Å². The number of aliphatic hydroxyl groups excluding tert-OH is 1. The summed E-state index contributed by atoms with van der Waals surface area (Å²) in [7, 11) is 1.36. The summed E-state index contributed by atoms with van der Waals surface area (Å²) in [5, 5.41) is 29.2. The predicted molar refractivity (Wildman–Crippen MR) is 313 cm³/mol. The second kappa shape index (κ2) is 27.7. The van der Waals surface area contributed by atoms with Gasteiger partial charge in [-0.3, -0.25) is 33.5 Å². The van der Waals surface area contributed by atoms with E-state index in [-0.39, 0.29) is 63.5 Å². The molecule has 8 rings (SSSR count). The van der Waals surface area contributed by atoms with Crippen molar-refractivity contribution in [2.24, 2.45) is 10.4 Å². The first-order chi connectivity index (χ1) is 39.3. The minimum atomic E-state index is -0.986. The Labute approximate surface area is 486 Å². The van der Waals surface area contributed by atoms with Crippen LogP contribution in [0.15, 0.2) is 83.3 Å². The van der Waals surface area contributed by atoms with Crippen LogP contribution < -0.4 is 20.7 Å². The fourth-order valence-electron chi connectivity index (χ4n) is 9.75. The van der Waals surface area contributed by atoms with Crippen LogP contribution in [0.2, 0.25) is 0 Å². The number of anilines is 1. The number of carbonyl (C=O) groups excluding carboxylic acids is 5. The molecule has 0 radical (unpaired) electrons. The number of thiazole rings is 1. The average molecular weight is 1160 g/mol. The highest BCUT2D eigenvalue weighted by Gasteiger charge is 2.45. The molecule has 2 aliphatic heterocycles. The zero-order valence-corrected chi connectivity index (χ0v) is 49.5. The first-order valence-electron chi connectivity index (χ1n) is 27.4. The Hall–Kier alpha value is -7.21. The molecule has 1 fully saturated rings. The number of likely N-dealkylation sites (tertiary alicyclic amines) is 1. The van der Waals surface area contributed by atoms with Gasteiger partial charge in [0.05, 0.1) is 80.5 Å². The Morgan fingerprint density at radius 2 is 1.49 bits per heavy atom. The Kier molecular flexibility index (Phi) is 20.6. The minimum Gasteiger partial charge on any atom is -0.491 e. The van der Waals surface area contributed by atoms with Crippen molar-refractivity contribution in [3.8, 4) is 21.2 Å². The zero-order chi connectivity index (χ0) is 58.7. The Morgan fingerprint density at radius 1 is 0.817 bits per heavy atom. The monoisotopic (exact) mass is 1160 g/mol. The number of benzene rings is 3. The van der Waals surface area contributed by atoms with Gasteiger partial charge in [0.15, 0.2) is 5.82 Å². The lowest BCUT2D eigenvalue weighted by molar-refractivity contribution is -0.144. The molecule has 5 heterocycles. The van der Waals surface area contributed by atoms with E-state index >= 15 is 0 Å². The summed E-state index contributed by atoms with van der Waals surface area (Å²) in [6, 6.07) is 20.2. The highest BCUT2D eigenvalue weighted by atomic mass is 32.1. The number of aryl methyl sites for hydroxylation is 4. The van der Waals surface area contributed by atoms with E-state index in [1.54, 1.807) is 22.7 Å². The van der Waals surface area contributed by atoms with Gasteiger partial charge in [-0.15, -0.1) is 32.9 Å². The maximum absolute atomic E-state index is 14.1. The van der Waals surface area contributed by atoms with Crippen molar-refractivity contribution in [1.29, 1.82) is 0 Å². The Morgan fingerprint density at radius 3 is 2.15 bits per heavy atom. The molecule has 5 atom stereocenters. The van der Waals surface area contributed by atoms with E-state index in [4.69, 9.17) is 28.7 Å². The highest BCUT2D eigenvalue weighted by molar-refractivity contribution is 7.15. The Balaban J connectivity index is 0.691. The van der Waals surface area contributed by atoms with Gasteiger partial charge < -0.3 is 49.6 Å². The summed E-state index contributed by atoms with van der Waals surface area (Å²) in [4.78, 5) is 79.4. The van der Waals surface area contributed by atoms with Gasteiger partial charge in [0.2, 0.25) is 23.6 Å². The third-order valence-corrected chi connectivity index (χ3v) is 16.5. The van der Waals surface area contributed by atoms with Crippen LogP contribution in [0.3, 0.4) is 0 Å². The van der Waals surface area contributed by atoms with Crippen LogP contribution in [-0.2, 0) is 49.3 Å². The lowest BCUT2D eigenvalue weighted by Crippen LogP contribution is -2.58. The number of nitrogens with zero attached hydrogens (tertiary/aromatic N) is 6. The number of hydrogen-bond donors (Lipinski definition) is 4. The number of rotatable bonds is 25. The molecule has 0 unspecified atom stereocenters. The molecule has 3 aromatic carbocycles. The molecule has 0 saturated carbocycles. The zero-order valence-electron chi connectivity index (χ0n) is 47.9. The summed E-state index contributed by atoms with van der Waals surface area (Å²) >= 11 is 3.20. The molecule has 4 amide bonds. The summed E-state index contributed by atoms with van der Waals surface area (Å²) in [5.41, 5.74) is 9.23. The SMILES string of the molecule is COC(=O)C[C@@H]1N=C(c2ccc(NC(=O)CCc3ccc(OCCOCCOCCOCC(=O)N[C@H](C(=O)N4C[C@H](O)C[C@H]4C(=O)N[C@@H](C)c4ccc(-c5scnc5C)cc4)C(C)(C)C)cc3)cc2)c2c(sc(C)c2C)-n2c(C)nnc21. The molecule has 22 heteroatoms. The van der Waals surface area contributed by atoms with Crippen LogP contribution in [0.25, 0.3) is 15.4 Å². The van der Waals surface area contributed by atoms with E-state index in [1.807, 2.05) is 124 Å².